The van der Waals surface area contributed by atoms with Crippen LogP contribution in [0.2, 0.25) is 0 Å². The number of nitrogens with zero attached hydrogens (tertiary/aromatic N) is 3. The van der Waals surface area contributed by atoms with E-state index in [1.165, 1.54) is 0 Å². The van der Waals surface area contributed by atoms with Crippen molar-refractivity contribution in [2.75, 3.05) is 32.5 Å². The monoisotopic (exact) mass is 266 g/mol. The van der Waals surface area contributed by atoms with E-state index in [2.05, 4.69) is 20.2 Å². The zero-order valence-electron chi connectivity index (χ0n) is 12.2. The van der Waals surface area contributed by atoms with Crippen molar-refractivity contribution in [3.8, 4) is 0 Å². The molecule has 0 amide bonds. The molecule has 0 fully saturated rings. The minimum Gasteiger partial charge on any atom is -0.454 e. The fraction of sp³-hybridized carbons (Fsp3) is 0.615. The number of esters is 1. The Morgan fingerprint density at radius 1 is 1.42 bits per heavy atom. The van der Waals surface area contributed by atoms with Crippen LogP contribution < -0.4 is 5.32 Å². The van der Waals surface area contributed by atoms with Crippen molar-refractivity contribution in [1.29, 1.82) is 0 Å². The van der Waals surface area contributed by atoms with Crippen LogP contribution in [0, 0.1) is 0 Å². The van der Waals surface area contributed by atoms with Gasteiger partial charge in [0.05, 0.1) is 0 Å². The molecule has 0 saturated heterocycles. The minimum absolute atomic E-state index is 0.0739. The zero-order valence-corrected chi connectivity index (χ0v) is 12.2. The summed E-state index contributed by atoms with van der Waals surface area (Å²) in [7, 11) is 3.99. The number of carbonyl (C=O) groups excluding carboxylic acids is 1. The number of aromatic nitrogens is 2. The van der Waals surface area contributed by atoms with Gasteiger partial charge in [-0.05, 0) is 40.9 Å². The van der Waals surface area contributed by atoms with Crippen LogP contribution in [0.3, 0.4) is 0 Å². The van der Waals surface area contributed by atoms with Gasteiger partial charge in [-0.3, -0.25) is 0 Å². The average molecular weight is 266 g/mol. The molecule has 0 aliphatic carbocycles. The number of nitrogens with one attached hydrogen (secondary N) is 1. The Kier molecular flexibility index (Phi) is 5.23. The predicted octanol–water partition coefficient (Wildman–Crippen LogP) is 1.41. The van der Waals surface area contributed by atoms with E-state index in [0.29, 0.717) is 5.82 Å². The van der Waals surface area contributed by atoms with E-state index >= 15 is 0 Å². The van der Waals surface area contributed by atoms with Crippen LogP contribution in [0.15, 0.2) is 12.3 Å². The summed E-state index contributed by atoms with van der Waals surface area (Å²) in [6.07, 6.45) is 1.55. The minimum atomic E-state index is -0.547. The molecule has 0 aromatic carbocycles. The van der Waals surface area contributed by atoms with Crippen molar-refractivity contribution in [2.24, 2.45) is 0 Å². The van der Waals surface area contributed by atoms with E-state index in [4.69, 9.17) is 4.74 Å². The molecular weight excluding hydrogens is 244 g/mol. The van der Waals surface area contributed by atoms with Crippen LogP contribution >= 0.6 is 0 Å². The van der Waals surface area contributed by atoms with Crippen LogP contribution in [0.1, 0.15) is 31.4 Å². The molecule has 0 aliphatic heterocycles. The standard InChI is InChI=1S/C13H22N4O2/c1-13(2,3)19-12(18)11-15-7-6-10(16-11)14-8-9-17(4)5/h6-7H,8-9H2,1-5H3,(H,14,15,16). The molecule has 6 nitrogen and oxygen atoms in total. The van der Waals surface area contributed by atoms with Crippen molar-refractivity contribution in [3.05, 3.63) is 18.1 Å². The largest absolute Gasteiger partial charge is 0.454 e. The number of rotatable bonds is 5. The molecular formula is C13H22N4O2. The van der Waals surface area contributed by atoms with Gasteiger partial charge in [-0.1, -0.05) is 0 Å². The summed E-state index contributed by atoms with van der Waals surface area (Å²) in [5.74, 6) is 0.186. The third kappa shape index (κ3) is 6.15. The normalized spacial score (nSPS) is 11.5. The molecule has 1 aromatic rings. The van der Waals surface area contributed by atoms with Gasteiger partial charge in [-0.25, -0.2) is 14.8 Å². The zero-order chi connectivity index (χ0) is 14.5. The van der Waals surface area contributed by atoms with Gasteiger partial charge in [-0.15, -0.1) is 0 Å². The van der Waals surface area contributed by atoms with Gasteiger partial charge in [0.1, 0.15) is 11.4 Å². The predicted molar refractivity (Wildman–Crippen MR) is 74.2 cm³/mol. The lowest BCUT2D eigenvalue weighted by atomic mass is 10.2. The Bertz CT molecular complexity index is 427. The summed E-state index contributed by atoms with van der Waals surface area (Å²) in [4.78, 5) is 21.9. The number of likely N-dealkylation sites (N-methyl/N-ethyl adjacent to an activating group) is 1. The molecule has 19 heavy (non-hydrogen) atoms. The lowest BCUT2D eigenvalue weighted by molar-refractivity contribution is 0.00557. The van der Waals surface area contributed by atoms with Gasteiger partial charge >= 0.3 is 5.97 Å². The number of anilines is 1. The first-order valence-corrected chi connectivity index (χ1v) is 6.23. The number of hydrogen-bond donors (Lipinski definition) is 1. The van der Waals surface area contributed by atoms with Crippen molar-refractivity contribution < 1.29 is 9.53 Å². The molecule has 0 atom stereocenters. The third-order valence-electron chi connectivity index (χ3n) is 2.10. The molecule has 0 spiro atoms. The summed E-state index contributed by atoms with van der Waals surface area (Å²) >= 11 is 0. The maximum atomic E-state index is 11.8. The van der Waals surface area contributed by atoms with Gasteiger partial charge in [0, 0.05) is 19.3 Å². The highest BCUT2D eigenvalue weighted by Crippen LogP contribution is 2.10. The highest BCUT2D eigenvalue weighted by molar-refractivity contribution is 5.85. The smallest absolute Gasteiger partial charge is 0.376 e. The molecule has 1 N–H and O–H groups in total. The van der Waals surface area contributed by atoms with Crippen LogP contribution in [-0.2, 0) is 4.74 Å². The second-order valence-electron chi connectivity index (χ2n) is 5.50. The Balaban J connectivity index is 2.64. The maximum absolute atomic E-state index is 11.8. The molecule has 1 heterocycles. The van der Waals surface area contributed by atoms with Crippen molar-refractivity contribution in [2.45, 2.75) is 26.4 Å². The van der Waals surface area contributed by atoms with Gasteiger partial charge in [0.15, 0.2) is 0 Å². The molecule has 6 heteroatoms. The van der Waals surface area contributed by atoms with Crippen LogP contribution in [0.5, 0.6) is 0 Å². The summed E-state index contributed by atoms with van der Waals surface area (Å²) in [6, 6.07) is 1.73. The molecule has 106 valence electrons. The molecule has 1 rings (SSSR count). The van der Waals surface area contributed by atoms with Gasteiger partial charge in [0.2, 0.25) is 5.82 Å². The second kappa shape index (κ2) is 6.47. The van der Waals surface area contributed by atoms with Crippen LogP contribution in [0.4, 0.5) is 5.82 Å². The molecule has 0 radical (unpaired) electrons. The highest BCUT2D eigenvalue weighted by atomic mass is 16.6. The number of hydrogen-bond acceptors (Lipinski definition) is 6. The summed E-state index contributed by atoms with van der Waals surface area (Å²) in [5, 5.41) is 3.13. The van der Waals surface area contributed by atoms with Gasteiger partial charge < -0.3 is 15.0 Å². The second-order valence-corrected chi connectivity index (χ2v) is 5.50. The SMILES string of the molecule is CN(C)CCNc1ccnc(C(=O)OC(C)(C)C)n1. The Morgan fingerprint density at radius 3 is 2.68 bits per heavy atom. The molecule has 0 bridgehead atoms. The topological polar surface area (TPSA) is 67.4 Å². The number of ether oxygens (including phenoxy) is 1. The van der Waals surface area contributed by atoms with Gasteiger partial charge in [0.25, 0.3) is 0 Å². The van der Waals surface area contributed by atoms with E-state index in [-0.39, 0.29) is 5.82 Å². The summed E-state index contributed by atoms with van der Waals surface area (Å²) in [5.41, 5.74) is -0.547. The molecule has 0 aliphatic rings. The first kappa shape index (κ1) is 15.4. The average Bonchev–Trinajstić information content (AvgIpc) is 2.26. The fourth-order valence-corrected chi connectivity index (χ4v) is 1.29. The Labute approximate surface area is 114 Å². The highest BCUT2D eigenvalue weighted by Gasteiger charge is 2.20. The van der Waals surface area contributed by atoms with Crippen molar-refractivity contribution in [1.82, 2.24) is 14.9 Å². The fourth-order valence-electron chi connectivity index (χ4n) is 1.29. The molecule has 0 unspecified atom stereocenters. The summed E-state index contributed by atoms with van der Waals surface area (Å²) < 4.78 is 5.22. The lowest BCUT2D eigenvalue weighted by Crippen LogP contribution is -2.25. The molecule has 0 saturated carbocycles. The Hall–Kier alpha value is -1.69. The van der Waals surface area contributed by atoms with E-state index in [1.54, 1.807) is 12.3 Å². The Morgan fingerprint density at radius 2 is 2.11 bits per heavy atom. The van der Waals surface area contributed by atoms with E-state index in [1.807, 2.05) is 34.9 Å². The van der Waals surface area contributed by atoms with Crippen LogP contribution in [0.25, 0.3) is 0 Å². The van der Waals surface area contributed by atoms with Gasteiger partial charge in [-0.2, -0.15) is 0 Å². The van der Waals surface area contributed by atoms with E-state index in [9.17, 15) is 4.79 Å². The van der Waals surface area contributed by atoms with Crippen molar-refractivity contribution in [3.63, 3.8) is 0 Å². The lowest BCUT2D eigenvalue weighted by Gasteiger charge is -2.18. The number of carbonyl (C=O) groups is 1. The summed E-state index contributed by atoms with van der Waals surface area (Å²) in [6.45, 7) is 7.06. The van der Waals surface area contributed by atoms with E-state index < -0.39 is 11.6 Å². The first-order chi connectivity index (χ1) is 8.78. The molecule has 1 aromatic heterocycles. The first-order valence-electron chi connectivity index (χ1n) is 6.23. The maximum Gasteiger partial charge on any atom is 0.376 e. The third-order valence-corrected chi connectivity index (χ3v) is 2.10. The van der Waals surface area contributed by atoms with Crippen LogP contribution in [-0.4, -0.2) is 53.6 Å². The van der Waals surface area contributed by atoms with Crippen molar-refractivity contribution >= 4 is 11.8 Å². The quantitative estimate of drug-likeness (QED) is 0.813. The van der Waals surface area contributed by atoms with E-state index in [0.717, 1.165) is 13.1 Å².